The maximum absolute atomic E-state index is 12.2. The highest BCUT2D eigenvalue weighted by Gasteiger charge is 2.14. The number of carbonyl (C=O) groups is 1. The standard InChI is InChI=1S/C16H16Cl2N2O/c1-9-3-5-11(6-4-9)10(2)20-16(21)12-7-13(17)15(18)14(19)8-12/h3-8,10H,19H2,1-2H3,(H,20,21). The lowest BCUT2D eigenvalue weighted by molar-refractivity contribution is 0.0940. The Morgan fingerprint density at radius 2 is 1.81 bits per heavy atom. The summed E-state index contributed by atoms with van der Waals surface area (Å²) < 4.78 is 0. The largest absolute Gasteiger partial charge is 0.397 e. The van der Waals surface area contributed by atoms with E-state index < -0.39 is 0 Å². The Bertz CT molecular complexity index is 645. The molecule has 0 aliphatic carbocycles. The van der Waals surface area contributed by atoms with Gasteiger partial charge in [0.25, 0.3) is 5.91 Å². The molecule has 21 heavy (non-hydrogen) atoms. The summed E-state index contributed by atoms with van der Waals surface area (Å²) in [7, 11) is 0. The lowest BCUT2D eigenvalue weighted by Crippen LogP contribution is -2.26. The molecule has 2 aromatic carbocycles. The molecule has 1 unspecified atom stereocenters. The minimum absolute atomic E-state index is 0.117. The van der Waals surface area contributed by atoms with E-state index in [9.17, 15) is 4.79 Å². The van der Waals surface area contributed by atoms with Gasteiger partial charge in [-0.1, -0.05) is 53.0 Å². The van der Waals surface area contributed by atoms with Crippen molar-refractivity contribution in [2.75, 3.05) is 5.73 Å². The summed E-state index contributed by atoms with van der Waals surface area (Å²) in [5.74, 6) is -0.242. The highest BCUT2D eigenvalue weighted by atomic mass is 35.5. The molecule has 0 fully saturated rings. The average molecular weight is 323 g/mol. The quantitative estimate of drug-likeness (QED) is 0.824. The summed E-state index contributed by atoms with van der Waals surface area (Å²) in [5.41, 5.74) is 8.61. The number of carbonyl (C=O) groups excluding carboxylic acids is 1. The first kappa shape index (κ1) is 15.7. The van der Waals surface area contributed by atoms with E-state index in [1.54, 1.807) is 0 Å². The van der Waals surface area contributed by atoms with Crippen LogP contribution in [0.3, 0.4) is 0 Å². The van der Waals surface area contributed by atoms with Gasteiger partial charge in [0.1, 0.15) is 0 Å². The number of nitrogens with two attached hydrogens (primary N) is 1. The van der Waals surface area contributed by atoms with Gasteiger partial charge in [-0.05, 0) is 31.5 Å². The van der Waals surface area contributed by atoms with E-state index in [2.05, 4.69) is 5.32 Å². The highest BCUT2D eigenvalue weighted by Crippen LogP contribution is 2.29. The van der Waals surface area contributed by atoms with Gasteiger partial charge in [0.15, 0.2) is 0 Å². The molecule has 0 aliphatic heterocycles. The van der Waals surface area contributed by atoms with Crippen LogP contribution in [0.4, 0.5) is 5.69 Å². The molecule has 0 aliphatic rings. The lowest BCUT2D eigenvalue weighted by Gasteiger charge is -2.15. The van der Waals surface area contributed by atoms with E-state index in [-0.39, 0.29) is 27.7 Å². The number of amides is 1. The summed E-state index contributed by atoms with van der Waals surface area (Å²) in [6.07, 6.45) is 0. The molecular formula is C16H16Cl2N2O. The Balaban J connectivity index is 2.16. The summed E-state index contributed by atoms with van der Waals surface area (Å²) in [6, 6.07) is 10.9. The van der Waals surface area contributed by atoms with Crippen LogP contribution in [0.1, 0.15) is 34.5 Å². The smallest absolute Gasteiger partial charge is 0.251 e. The molecule has 0 aromatic heterocycles. The maximum Gasteiger partial charge on any atom is 0.251 e. The fourth-order valence-corrected chi connectivity index (χ4v) is 2.30. The minimum atomic E-state index is -0.242. The van der Waals surface area contributed by atoms with E-state index in [0.717, 1.165) is 5.56 Å². The van der Waals surface area contributed by atoms with Crippen LogP contribution < -0.4 is 11.1 Å². The number of nitrogens with one attached hydrogen (secondary N) is 1. The Morgan fingerprint density at radius 1 is 1.19 bits per heavy atom. The van der Waals surface area contributed by atoms with E-state index in [1.165, 1.54) is 17.7 Å². The van der Waals surface area contributed by atoms with E-state index in [4.69, 9.17) is 28.9 Å². The first-order valence-corrected chi connectivity index (χ1v) is 7.26. The van der Waals surface area contributed by atoms with Crippen molar-refractivity contribution in [3.05, 3.63) is 63.1 Å². The number of hydrogen-bond acceptors (Lipinski definition) is 2. The third-order valence-corrected chi connectivity index (χ3v) is 4.06. The monoisotopic (exact) mass is 322 g/mol. The van der Waals surface area contributed by atoms with Gasteiger partial charge >= 0.3 is 0 Å². The molecule has 110 valence electrons. The number of nitrogen functional groups attached to an aromatic ring is 1. The molecule has 2 aromatic rings. The van der Waals surface area contributed by atoms with Gasteiger partial charge < -0.3 is 11.1 Å². The lowest BCUT2D eigenvalue weighted by atomic mass is 10.1. The van der Waals surface area contributed by atoms with Gasteiger partial charge in [-0.3, -0.25) is 4.79 Å². The van der Waals surface area contributed by atoms with Crippen LogP contribution in [0.2, 0.25) is 10.0 Å². The Labute approximate surface area is 134 Å². The topological polar surface area (TPSA) is 55.1 Å². The number of halogens is 2. The van der Waals surface area contributed by atoms with Crippen molar-refractivity contribution in [3.63, 3.8) is 0 Å². The van der Waals surface area contributed by atoms with Crippen LogP contribution >= 0.6 is 23.2 Å². The van der Waals surface area contributed by atoms with Crippen molar-refractivity contribution in [3.8, 4) is 0 Å². The second-order valence-corrected chi connectivity index (χ2v) is 5.75. The molecule has 2 rings (SSSR count). The van der Waals surface area contributed by atoms with Crippen molar-refractivity contribution in [1.29, 1.82) is 0 Å². The third kappa shape index (κ3) is 3.69. The van der Waals surface area contributed by atoms with Gasteiger partial charge in [-0.25, -0.2) is 0 Å². The maximum atomic E-state index is 12.2. The van der Waals surface area contributed by atoms with Gasteiger partial charge in [0.05, 0.1) is 21.8 Å². The van der Waals surface area contributed by atoms with Gasteiger partial charge in [-0.15, -0.1) is 0 Å². The van der Waals surface area contributed by atoms with E-state index in [0.29, 0.717) is 5.56 Å². The van der Waals surface area contributed by atoms with Crippen LogP contribution in [-0.2, 0) is 0 Å². The predicted octanol–water partition coefficient (Wildman–Crippen LogP) is 4.38. The van der Waals surface area contributed by atoms with Gasteiger partial charge in [0.2, 0.25) is 0 Å². The first-order chi connectivity index (χ1) is 9.88. The van der Waals surface area contributed by atoms with Crippen molar-refractivity contribution in [1.82, 2.24) is 5.32 Å². The summed E-state index contributed by atoms with van der Waals surface area (Å²) in [6.45, 7) is 3.94. The zero-order chi connectivity index (χ0) is 15.6. The number of benzene rings is 2. The van der Waals surface area contributed by atoms with Crippen molar-refractivity contribution >= 4 is 34.8 Å². The predicted molar refractivity (Wildman–Crippen MR) is 87.9 cm³/mol. The Morgan fingerprint density at radius 3 is 2.38 bits per heavy atom. The summed E-state index contributed by atoms with van der Waals surface area (Å²) in [4.78, 5) is 12.2. The van der Waals surface area contributed by atoms with Crippen molar-refractivity contribution < 1.29 is 4.79 Å². The Kier molecular flexibility index (Phi) is 4.76. The molecule has 0 radical (unpaired) electrons. The molecule has 0 saturated carbocycles. The van der Waals surface area contributed by atoms with Crippen LogP contribution in [0.5, 0.6) is 0 Å². The van der Waals surface area contributed by atoms with E-state index >= 15 is 0 Å². The third-order valence-electron chi connectivity index (χ3n) is 3.24. The molecule has 0 spiro atoms. The first-order valence-electron chi connectivity index (χ1n) is 6.50. The summed E-state index contributed by atoms with van der Waals surface area (Å²) in [5, 5.41) is 3.44. The zero-order valence-electron chi connectivity index (χ0n) is 11.8. The van der Waals surface area contributed by atoms with E-state index in [1.807, 2.05) is 38.1 Å². The fraction of sp³-hybridized carbons (Fsp3) is 0.188. The SMILES string of the molecule is Cc1ccc(C(C)NC(=O)c2cc(N)c(Cl)c(Cl)c2)cc1. The van der Waals surface area contributed by atoms with Gasteiger partial charge in [0, 0.05) is 5.56 Å². The molecule has 1 amide bonds. The van der Waals surface area contributed by atoms with Crippen molar-refractivity contribution in [2.45, 2.75) is 19.9 Å². The fourth-order valence-electron chi connectivity index (χ4n) is 1.96. The number of anilines is 1. The number of aryl methyl sites for hydroxylation is 1. The molecule has 3 N–H and O–H groups in total. The van der Waals surface area contributed by atoms with Crippen LogP contribution in [0.15, 0.2) is 36.4 Å². The number of rotatable bonds is 3. The minimum Gasteiger partial charge on any atom is -0.397 e. The summed E-state index contributed by atoms with van der Waals surface area (Å²) >= 11 is 11.8. The molecule has 0 heterocycles. The van der Waals surface area contributed by atoms with Crippen LogP contribution in [0, 0.1) is 6.92 Å². The van der Waals surface area contributed by atoms with Crippen LogP contribution in [0.25, 0.3) is 0 Å². The van der Waals surface area contributed by atoms with Gasteiger partial charge in [-0.2, -0.15) is 0 Å². The Hall–Kier alpha value is -1.71. The molecule has 5 heteroatoms. The highest BCUT2D eigenvalue weighted by molar-refractivity contribution is 6.43. The number of hydrogen-bond donors (Lipinski definition) is 2. The van der Waals surface area contributed by atoms with Crippen LogP contribution in [-0.4, -0.2) is 5.91 Å². The molecule has 0 saturated heterocycles. The molecule has 1 atom stereocenters. The molecule has 0 bridgehead atoms. The normalized spacial score (nSPS) is 12.0. The zero-order valence-corrected chi connectivity index (χ0v) is 13.3. The molecular weight excluding hydrogens is 307 g/mol. The second-order valence-electron chi connectivity index (χ2n) is 4.97. The molecule has 3 nitrogen and oxygen atoms in total. The van der Waals surface area contributed by atoms with Crippen molar-refractivity contribution in [2.24, 2.45) is 0 Å². The second kappa shape index (κ2) is 6.37. The average Bonchev–Trinajstić information content (AvgIpc) is 2.44.